The molecule has 2 amide bonds. The Morgan fingerprint density at radius 2 is 1.65 bits per heavy atom. The van der Waals surface area contributed by atoms with E-state index in [2.05, 4.69) is 26.0 Å². The van der Waals surface area contributed by atoms with Gasteiger partial charge in [-0.15, -0.1) is 0 Å². The second-order valence-corrected chi connectivity index (χ2v) is 9.56. The van der Waals surface area contributed by atoms with Crippen molar-refractivity contribution in [1.29, 1.82) is 0 Å². The van der Waals surface area contributed by atoms with Crippen LogP contribution in [0.3, 0.4) is 0 Å². The molecule has 1 aromatic carbocycles. The quantitative estimate of drug-likeness (QED) is 0.714. The summed E-state index contributed by atoms with van der Waals surface area (Å²) in [6, 6.07) is 6.16. The highest BCUT2D eigenvalue weighted by molar-refractivity contribution is 5.82. The number of hydrogen-bond donors (Lipinski definition) is 0. The number of ether oxygens (including phenoxy) is 2. The maximum atomic E-state index is 13.0. The van der Waals surface area contributed by atoms with Gasteiger partial charge in [0.15, 0.2) is 6.10 Å². The summed E-state index contributed by atoms with van der Waals surface area (Å²) in [7, 11) is 0. The molecule has 6 heteroatoms. The minimum absolute atomic E-state index is 0.00396. The molecule has 2 heterocycles. The van der Waals surface area contributed by atoms with E-state index in [4.69, 9.17) is 9.47 Å². The molecule has 2 aliphatic rings. The number of carbonyl (C=O) groups is 2. The minimum atomic E-state index is -0.549. The fraction of sp³-hybridized carbons (Fsp3) is 0.680. The lowest BCUT2D eigenvalue weighted by Gasteiger charge is -2.39. The number of hydrogen-bond acceptors (Lipinski definition) is 4. The van der Waals surface area contributed by atoms with Crippen LogP contribution in [0.15, 0.2) is 18.2 Å². The summed E-state index contributed by atoms with van der Waals surface area (Å²) < 4.78 is 11.9. The van der Waals surface area contributed by atoms with Crippen molar-refractivity contribution in [2.24, 2.45) is 5.92 Å². The standard InChI is InChI=1S/C25H38N2O4/c1-16(2)22-8-7-17(3)13-23(22)31-20(6)24(28)26-11-9-21(10-12-26)25(29)27-14-18(4)30-19(5)15-27/h7-8,13,16,18-21H,9-12,14-15H2,1-6H3. The minimum Gasteiger partial charge on any atom is -0.481 e. The summed E-state index contributed by atoms with van der Waals surface area (Å²) in [6.45, 7) is 14.6. The SMILES string of the molecule is Cc1ccc(C(C)C)c(OC(C)C(=O)N2CCC(C(=O)N3CC(C)OC(C)C3)CC2)c1. The van der Waals surface area contributed by atoms with Gasteiger partial charge in [-0.2, -0.15) is 0 Å². The van der Waals surface area contributed by atoms with Gasteiger partial charge in [-0.1, -0.05) is 26.0 Å². The first-order valence-corrected chi connectivity index (χ1v) is 11.7. The molecular formula is C25H38N2O4. The number of amides is 2. The molecule has 0 spiro atoms. The lowest BCUT2D eigenvalue weighted by Crippen LogP contribution is -2.52. The second-order valence-electron chi connectivity index (χ2n) is 9.56. The van der Waals surface area contributed by atoms with Crippen molar-refractivity contribution in [3.8, 4) is 5.75 Å². The van der Waals surface area contributed by atoms with Crippen molar-refractivity contribution in [2.75, 3.05) is 26.2 Å². The lowest BCUT2D eigenvalue weighted by molar-refractivity contribution is -0.151. The molecule has 0 saturated carbocycles. The maximum Gasteiger partial charge on any atom is 0.263 e. The Balaban J connectivity index is 1.55. The summed E-state index contributed by atoms with van der Waals surface area (Å²) in [5.41, 5.74) is 2.23. The Bertz CT molecular complexity index is 776. The number of aryl methyl sites for hydroxylation is 1. The largest absolute Gasteiger partial charge is 0.481 e. The maximum absolute atomic E-state index is 13.0. The number of carbonyl (C=O) groups excluding carboxylic acids is 2. The van der Waals surface area contributed by atoms with Gasteiger partial charge in [-0.25, -0.2) is 0 Å². The number of rotatable bonds is 5. The number of nitrogens with zero attached hydrogens (tertiary/aromatic N) is 2. The molecule has 0 aliphatic carbocycles. The van der Waals surface area contributed by atoms with Gasteiger partial charge in [0, 0.05) is 32.1 Å². The van der Waals surface area contributed by atoms with Crippen molar-refractivity contribution < 1.29 is 19.1 Å². The highest BCUT2D eigenvalue weighted by atomic mass is 16.5. The zero-order chi connectivity index (χ0) is 22.7. The van der Waals surface area contributed by atoms with E-state index in [-0.39, 0.29) is 29.9 Å². The van der Waals surface area contributed by atoms with Crippen LogP contribution in [0.5, 0.6) is 5.75 Å². The van der Waals surface area contributed by atoms with Crippen LogP contribution in [-0.4, -0.2) is 66.1 Å². The Hall–Kier alpha value is -2.08. The molecule has 0 aromatic heterocycles. The van der Waals surface area contributed by atoms with E-state index < -0.39 is 6.10 Å². The van der Waals surface area contributed by atoms with Crippen LogP contribution < -0.4 is 4.74 Å². The van der Waals surface area contributed by atoms with Gasteiger partial charge in [0.05, 0.1) is 12.2 Å². The smallest absolute Gasteiger partial charge is 0.263 e. The molecule has 6 nitrogen and oxygen atoms in total. The average molecular weight is 431 g/mol. The van der Waals surface area contributed by atoms with Gasteiger partial charge in [0.1, 0.15) is 5.75 Å². The number of benzene rings is 1. The Labute approximate surface area is 186 Å². The summed E-state index contributed by atoms with van der Waals surface area (Å²) in [6.07, 6.45) is 1.01. The molecule has 3 unspecified atom stereocenters. The highest BCUT2D eigenvalue weighted by Gasteiger charge is 2.34. The topological polar surface area (TPSA) is 59.1 Å². The molecule has 1 aromatic rings. The zero-order valence-electron chi connectivity index (χ0n) is 19.9. The molecule has 31 heavy (non-hydrogen) atoms. The Kier molecular flexibility index (Phi) is 7.63. The molecule has 3 atom stereocenters. The van der Waals surface area contributed by atoms with Crippen LogP contribution >= 0.6 is 0 Å². The molecule has 2 fully saturated rings. The third kappa shape index (κ3) is 5.79. The zero-order valence-corrected chi connectivity index (χ0v) is 19.9. The molecule has 0 bridgehead atoms. The third-order valence-electron chi connectivity index (χ3n) is 6.33. The van der Waals surface area contributed by atoms with Gasteiger partial charge in [-0.05, 0) is 63.6 Å². The van der Waals surface area contributed by atoms with Crippen LogP contribution in [0, 0.1) is 12.8 Å². The molecule has 2 aliphatic heterocycles. The van der Waals surface area contributed by atoms with Gasteiger partial charge in [-0.3, -0.25) is 9.59 Å². The van der Waals surface area contributed by atoms with Gasteiger partial charge in [0.2, 0.25) is 5.91 Å². The molecule has 2 saturated heterocycles. The van der Waals surface area contributed by atoms with E-state index in [1.54, 1.807) is 0 Å². The van der Waals surface area contributed by atoms with Crippen LogP contribution in [-0.2, 0) is 14.3 Å². The summed E-state index contributed by atoms with van der Waals surface area (Å²) in [5, 5.41) is 0. The first-order valence-electron chi connectivity index (χ1n) is 11.7. The number of piperidine rings is 1. The third-order valence-corrected chi connectivity index (χ3v) is 6.33. The van der Waals surface area contributed by atoms with E-state index in [1.165, 1.54) is 0 Å². The van der Waals surface area contributed by atoms with Crippen LogP contribution in [0.2, 0.25) is 0 Å². The fourth-order valence-corrected chi connectivity index (χ4v) is 4.68. The first-order chi connectivity index (χ1) is 14.7. The predicted octanol–water partition coefficient (Wildman–Crippen LogP) is 3.76. The normalized spacial score (nSPS) is 23.7. The Morgan fingerprint density at radius 1 is 1.03 bits per heavy atom. The average Bonchev–Trinajstić information content (AvgIpc) is 2.72. The van der Waals surface area contributed by atoms with Gasteiger partial charge >= 0.3 is 0 Å². The second kappa shape index (κ2) is 10.0. The number of likely N-dealkylation sites (tertiary alicyclic amines) is 1. The van der Waals surface area contributed by atoms with Crippen LogP contribution in [0.4, 0.5) is 0 Å². The highest BCUT2D eigenvalue weighted by Crippen LogP contribution is 2.29. The van der Waals surface area contributed by atoms with E-state index in [9.17, 15) is 9.59 Å². The van der Waals surface area contributed by atoms with E-state index >= 15 is 0 Å². The Morgan fingerprint density at radius 3 is 2.23 bits per heavy atom. The van der Waals surface area contributed by atoms with Crippen LogP contribution in [0.25, 0.3) is 0 Å². The van der Waals surface area contributed by atoms with E-state index in [1.807, 2.05) is 43.6 Å². The van der Waals surface area contributed by atoms with Crippen molar-refractivity contribution in [1.82, 2.24) is 9.80 Å². The molecule has 0 radical (unpaired) electrons. The molecule has 0 N–H and O–H groups in total. The van der Waals surface area contributed by atoms with E-state index in [0.717, 1.165) is 16.9 Å². The monoisotopic (exact) mass is 430 g/mol. The van der Waals surface area contributed by atoms with Crippen molar-refractivity contribution in [3.63, 3.8) is 0 Å². The van der Waals surface area contributed by atoms with Crippen molar-refractivity contribution >= 4 is 11.8 Å². The van der Waals surface area contributed by atoms with Crippen molar-refractivity contribution in [2.45, 2.75) is 78.6 Å². The lowest BCUT2D eigenvalue weighted by atomic mass is 9.94. The number of morpholine rings is 1. The molecule has 172 valence electrons. The molecular weight excluding hydrogens is 392 g/mol. The first kappa shape index (κ1) is 23.6. The summed E-state index contributed by atoms with van der Waals surface area (Å²) in [4.78, 5) is 29.8. The molecule has 3 rings (SSSR count). The van der Waals surface area contributed by atoms with Crippen LogP contribution in [0.1, 0.15) is 64.5 Å². The van der Waals surface area contributed by atoms with E-state index in [0.29, 0.717) is 44.9 Å². The summed E-state index contributed by atoms with van der Waals surface area (Å²) in [5.74, 6) is 1.30. The van der Waals surface area contributed by atoms with Gasteiger partial charge in [0.25, 0.3) is 5.91 Å². The fourth-order valence-electron chi connectivity index (χ4n) is 4.68. The van der Waals surface area contributed by atoms with Crippen molar-refractivity contribution in [3.05, 3.63) is 29.3 Å². The predicted molar refractivity (Wildman–Crippen MR) is 121 cm³/mol. The summed E-state index contributed by atoms with van der Waals surface area (Å²) >= 11 is 0. The van der Waals surface area contributed by atoms with Gasteiger partial charge < -0.3 is 19.3 Å².